The Morgan fingerprint density at radius 3 is 2.71 bits per heavy atom. The highest BCUT2D eigenvalue weighted by Crippen LogP contribution is 2.35. The van der Waals surface area contributed by atoms with Crippen LogP contribution in [0.4, 0.5) is 0 Å². The van der Waals surface area contributed by atoms with Gasteiger partial charge >= 0.3 is 0 Å². The molecule has 2 rings (SSSR count). The minimum absolute atomic E-state index is 0.000216. The molecular weight excluding hydrogens is 336 g/mol. The van der Waals surface area contributed by atoms with E-state index < -0.39 is 0 Å². The minimum atomic E-state index is -0.206. The second kappa shape index (κ2) is 7.22. The zero-order chi connectivity index (χ0) is 15.3. The third kappa shape index (κ3) is 4.41. The van der Waals surface area contributed by atoms with Gasteiger partial charge in [0, 0.05) is 28.7 Å². The Morgan fingerprint density at radius 1 is 1.33 bits per heavy atom. The van der Waals surface area contributed by atoms with Gasteiger partial charge in [0.1, 0.15) is 6.54 Å². The third-order valence-electron chi connectivity index (χ3n) is 4.17. The van der Waals surface area contributed by atoms with Crippen LogP contribution in [0.1, 0.15) is 32.1 Å². The number of aromatic nitrogens is 1. The van der Waals surface area contributed by atoms with Crippen molar-refractivity contribution in [2.24, 2.45) is 5.41 Å². The molecular formula is C15H21BrN2O3. The van der Waals surface area contributed by atoms with Crippen LogP contribution in [0.5, 0.6) is 0 Å². The lowest BCUT2D eigenvalue weighted by molar-refractivity contribution is -0.122. The molecule has 0 spiro atoms. The molecule has 116 valence electrons. The van der Waals surface area contributed by atoms with Crippen LogP contribution in [-0.2, 0) is 11.3 Å². The number of nitrogens with zero attached hydrogens (tertiary/aromatic N) is 1. The van der Waals surface area contributed by atoms with E-state index in [1.54, 1.807) is 12.3 Å². The minimum Gasteiger partial charge on any atom is -0.396 e. The second-order valence-corrected chi connectivity index (χ2v) is 6.72. The normalized spacial score (nSPS) is 17.4. The smallest absolute Gasteiger partial charge is 0.251 e. The maximum Gasteiger partial charge on any atom is 0.251 e. The highest BCUT2D eigenvalue weighted by atomic mass is 79.9. The van der Waals surface area contributed by atoms with Crippen LogP contribution in [-0.4, -0.2) is 28.7 Å². The Morgan fingerprint density at radius 2 is 2.05 bits per heavy atom. The van der Waals surface area contributed by atoms with Gasteiger partial charge in [0.15, 0.2) is 0 Å². The van der Waals surface area contributed by atoms with Crippen molar-refractivity contribution in [3.63, 3.8) is 0 Å². The molecule has 0 saturated heterocycles. The quantitative estimate of drug-likeness (QED) is 0.842. The van der Waals surface area contributed by atoms with E-state index in [9.17, 15) is 14.7 Å². The van der Waals surface area contributed by atoms with Gasteiger partial charge in [-0.2, -0.15) is 0 Å². The summed E-state index contributed by atoms with van der Waals surface area (Å²) in [5, 5.41) is 12.5. The highest BCUT2D eigenvalue weighted by Gasteiger charge is 2.31. The van der Waals surface area contributed by atoms with Gasteiger partial charge in [-0.3, -0.25) is 9.59 Å². The van der Waals surface area contributed by atoms with Crippen molar-refractivity contribution in [3.05, 3.63) is 33.2 Å². The number of rotatable bonds is 5. The van der Waals surface area contributed by atoms with Gasteiger partial charge in [0.05, 0.1) is 6.61 Å². The van der Waals surface area contributed by atoms with Crippen LogP contribution in [0.3, 0.4) is 0 Å². The van der Waals surface area contributed by atoms with Gasteiger partial charge in [-0.05, 0) is 34.8 Å². The molecule has 21 heavy (non-hydrogen) atoms. The molecule has 0 aliphatic heterocycles. The van der Waals surface area contributed by atoms with Crippen molar-refractivity contribution in [1.29, 1.82) is 0 Å². The van der Waals surface area contributed by atoms with Crippen LogP contribution in [0.25, 0.3) is 0 Å². The maximum absolute atomic E-state index is 12.0. The fourth-order valence-corrected chi connectivity index (χ4v) is 3.19. The van der Waals surface area contributed by atoms with Gasteiger partial charge in [0.25, 0.3) is 5.56 Å². The number of carbonyl (C=O) groups is 1. The first kappa shape index (κ1) is 16.2. The number of aliphatic hydroxyl groups is 1. The Labute approximate surface area is 132 Å². The van der Waals surface area contributed by atoms with Crippen molar-refractivity contribution >= 4 is 21.8 Å². The Bertz CT molecular complexity index is 550. The lowest BCUT2D eigenvalue weighted by Crippen LogP contribution is -2.43. The first-order chi connectivity index (χ1) is 10.0. The van der Waals surface area contributed by atoms with Crippen molar-refractivity contribution in [2.75, 3.05) is 13.2 Å². The summed E-state index contributed by atoms with van der Waals surface area (Å²) in [6.07, 6.45) is 6.89. The molecule has 6 heteroatoms. The van der Waals surface area contributed by atoms with E-state index in [2.05, 4.69) is 21.2 Å². The number of carbonyl (C=O) groups excluding carboxylic acids is 1. The average Bonchev–Trinajstić information content (AvgIpc) is 2.50. The summed E-state index contributed by atoms with van der Waals surface area (Å²) in [4.78, 5) is 23.7. The van der Waals surface area contributed by atoms with E-state index >= 15 is 0 Å². The lowest BCUT2D eigenvalue weighted by atomic mass is 9.74. The molecule has 0 bridgehead atoms. The monoisotopic (exact) mass is 356 g/mol. The second-order valence-electron chi connectivity index (χ2n) is 5.81. The van der Waals surface area contributed by atoms with Gasteiger partial charge in [-0.15, -0.1) is 0 Å². The van der Waals surface area contributed by atoms with Crippen LogP contribution < -0.4 is 10.9 Å². The summed E-state index contributed by atoms with van der Waals surface area (Å²) in [6, 6.07) is 3.08. The number of hydrogen-bond acceptors (Lipinski definition) is 3. The molecule has 1 heterocycles. The summed E-state index contributed by atoms with van der Waals surface area (Å²) in [7, 11) is 0. The van der Waals surface area contributed by atoms with Crippen molar-refractivity contribution < 1.29 is 9.90 Å². The number of pyridine rings is 1. The number of hydrogen-bond donors (Lipinski definition) is 2. The van der Waals surface area contributed by atoms with Crippen molar-refractivity contribution in [2.45, 2.75) is 38.6 Å². The first-order valence-corrected chi connectivity index (χ1v) is 8.08. The standard InChI is InChI=1S/C15H21BrN2O3/c16-12-4-5-14(21)18(8-12)9-13(20)17-10-15(11-19)6-2-1-3-7-15/h4-5,8,19H,1-3,6-7,9-11H2,(H,17,20). The molecule has 1 aliphatic carbocycles. The Balaban J connectivity index is 1.92. The van der Waals surface area contributed by atoms with E-state index in [0.29, 0.717) is 6.54 Å². The maximum atomic E-state index is 12.0. The molecule has 1 saturated carbocycles. The molecule has 0 unspecified atom stereocenters. The SMILES string of the molecule is O=C(Cn1cc(Br)ccc1=O)NCC1(CO)CCCCC1. The van der Waals surface area contributed by atoms with Crippen LogP contribution in [0.15, 0.2) is 27.6 Å². The van der Waals surface area contributed by atoms with E-state index in [0.717, 1.165) is 30.2 Å². The summed E-state index contributed by atoms with van der Waals surface area (Å²) >= 11 is 3.28. The fourth-order valence-electron chi connectivity index (χ4n) is 2.81. The average molecular weight is 357 g/mol. The predicted molar refractivity (Wildman–Crippen MR) is 84.0 cm³/mol. The molecule has 0 radical (unpaired) electrons. The predicted octanol–water partition coefficient (Wildman–Crippen LogP) is 1.67. The zero-order valence-corrected chi connectivity index (χ0v) is 13.6. The van der Waals surface area contributed by atoms with Crippen LogP contribution >= 0.6 is 15.9 Å². The van der Waals surface area contributed by atoms with Gasteiger partial charge < -0.3 is 15.0 Å². The van der Waals surface area contributed by atoms with E-state index in [1.807, 2.05) is 0 Å². The molecule has 1 aromatic rings. The van der Waals surface area contributed by atoms with E-state index in [-0.39, 0.29) is 30.0 Å². The summed E-state index contributed by atoms with van der Waals surface area (Å²) in [5.41, 5.74) is -0.390. The molecule has 1 aromatic heterocycles. The molecule has 2 N–H and O–H groups in total. The van der Waals surface area contributed by atoms with Gasteiger partial charge in [0.2, 0.25) is 5.91 Å². The molecule has 0 atom stereocenters. The Kier molecular flexibility index (Phi) is 5.58. The number of nitrogens with one attached hydrogen (secondary N) is 1. The summed E-state index contributed by atoms with van der Waals surface area (Å²) in [6.45, 7) is 0.578. The van der Waals surface area contributed by atoms with E-state index in [4.69, 9.17) is 0 Å². The van der Waals surface area contributed by atoms with Crippen LogP contribution in [0, 0.1) is 5.41 Å². The molecule has 1 aliphatic rings. The third-order valence-corrected chi connectivity index (χ3v) is 4.64. The summed E-state index contributed by atoms with van der Waals surface area (Å²) in [5.74, 6) is -0.200. The molecule has 0 aromatic carbocycles. The Hall–Kier alpha value is -1.14. The molecule has 1 fully saturated rings. The van der Waals surface area contributed by atoms with Crippen molar-refractivity contribution in [3.8, 4) is 0 Å². The molecule has 1 amide bonds. The highest BCUT2D eigenvalue weighted by molar-refractivity contribution is 9.10. The van der Waals surface area contributed by atoms with Crippen molar-refractivity contribution in [1.82, 2.24) is 9.88 Å². The summed E-state index contributed by atoms with van der Waals surface area (Å²) < 4.78 is 2.13. The van der Waals surface area contributed by atoms with Crippen LogP contribution in [0.2, 0.25) is 0 Å². The topological polar surface area (TPSA) is 71.3 Å². The largest absolute Gasteiger partial charge is 0.396 e. The molecule has 5 nitrogen and oxygen atoms in total. The number of halogens is 1. The first-order valence-electron chi connectivity index (χ1n) is 7.28. The van der Waals surface area contributed by atoms with Gasteiger partial charge in [-0.25, -0.2) is 0 Å². The van der Waals surface area contributed by atoms with Gasteiger partial charge in [-0.1, -0.05) is 19.3 Å². The number of amides is 1. The zero-order valence-electron chi connectivity index (χ0n) is 12.0. The fraction of sp³-hybridized carbons (Fsp3) is 0.600. The lowest BCUT2D eigenvalue weighted by Gasteiger charge is -2.35. The van der Waals surface area contributed by atoms with E-state index in [1.165, 1.54) is 17.1 Å². The number of aliphatic hydroxyl groups excluding tert-OH is 1.